The fraction of sp³-hybridized carbons (Fsp3) is 0.500. The van der Waals surface area contributed by atoms with Crippen LogP contribution < -0.4 is 4.90 Å². The molecule has 2 aliphatic heterocycles. The van der Waals surface area contributed by atoms with E-state index in [0.717, 1.165) is 66.8 Å². The van der Waals surface area contributed by atoms with Crippen molar-refractivity contribution in [3.05, 3.63) is 52.9 Å². The van der Waals surface area contributed by atoms with Crippen LogP contribution in [0.2, 0.25) is 5.02 Å². The number of carbonyl (C=O) groups is 1. The maximum absolute atomic E-state index is 14.3. The number of hydrogen-bond acceptors (Lipinski definition) is 5. The molecule has 1 aromatic heterocycles. The number of phenols is 1. The Kier molecular flexibility index (Phi) is 7.52. The highest BCUT2D eigenvalue weighted by molar-refractivity contribution is 6.32. The second-order valence-corrected chi connectivity index (χ2v) is 12.2. The van der Waals surface area contributed by atoms with Crippen LogP contribution in [0.15, 0.2) is 36.5 Å². The van der Waals surface area contributed by atoms with Crippen LogP contribution >= 0.6 is 11.6 Å². The van der Waals surface area contributed by atoms with Crippen molar-refractivity contribution in [1.29, 1.82) is 0 Å². The number of phenolic OH excluding ortho intramolecular Hbond substituents is 1. The lowest BCUT2D eigenvalue weighted by molar-refractivity contribution is 0.0967. The molecule has 0 amide bonds. The molecule has 0 unspecified atom stereocenters. The van der Waals surface area contributed by atoms with Crippen molar-refractivity contribution in [1.82, 2.24) is 9.88 Å². The smallest absolute Gasteiger partial charge is 0.170 e. The van der Waals surface area contributed by atoms with Crippen LogP contribution in [-0.4, -0.2) is 53.0 Å². The van der Waals surface area contributed by atoms with Gasteiger partial charge in [-0.05, 0) is 106 Å². The van der Waals surface area contributed by atoms with Gasteiger partial charge in [-0.15, -0.1) is 0 Å². The lowest BCUT2D eigenvalue weighted by Crippen LogP contribution is -2.46. The number of Topliss-reactive ketones (excluding diaryl/α,β-unsaturated/α-hetero) is 1. The molecule has 3 aromatic rings. The molecule has 7 heteroatoms. The fourth-order valence-corrected chi connectivity index (χ4v) is 6.75. The van der Waals surface area contributed by atoms with E-state index in [-0.39, 0.29) is 16.7 Å². The molecular formula is C32H37ClFN3O2. The molecular weight excluding hydrogens is 513 g/mol. The number of piperidine rings is 1. The number of likely N-dealkylation sites (tertiary alicyclic amines) is 1. The molecule has 3 fully saturated rings. The van der Waals surface area contributed by atoms with Crippen LogP contribution in [0.1, 0.15) is 68.6 Å². The predicted octanol–water partition coefficient (Wildman–Crippen LogP) is 7.47. The van der Waals surface area contributed by atoms with Gasteiger partial charge in [0.2, 0.25) is 0 Å². The molecule has 3 aliphatic rings. The number of pyridine rings is 1. The largest absolute Gasteiger partial charge is 0.504 e. The first kappa shape index (κ1) is 26.5. The molecule has 1 N–H and O–H groups in total. The first-order chi connectivity index (χ1) is 18.9. The van der Waals surface area contributed by atoms with Crippen molar-refractivity contribution in [2.45, 2.75) is 64.3 Å². The van der Waals surface area contributed by atoms with Gasteiger partial charge < -0.3 is 14.9 Å². The normalized spacial score (nSPS) is 20.2. The van der Waals surface area contributed by atoms with Gasteiger partial charge in [0.15, 0.2) is 17.3 Å². The lowest BCUT2D eigenvalue weighted by atomic mass is 9.94. The van der Waals surface area contributed by atoms with Gasteiger partial charge >= 0.3 is 0 Å². The van der Waals surface area contributed by atoms with Crippen molar-refractivity contribution in [3.63, 3.8) is 0 Å². The molecule has 1 saturated carbocycles. The van der Waals surface area contributed by atoms with Gasteiger partial charge in [0.05, 0.1) is 21.8 Å². The molecule has 206 valence electrons. The number of aromatic nitrogens is 1. The highest BCUT2D eigenvalue weighted by atomic mass is 35.5. The number of hydrogen-bond donors (Lipinski definition) is 1. The summed E-state index contributed by atoms with van der Waals surface area (Å²) in [6.07, 6.45) is 11.0. The zero-order chi connectivity index (χ0) is 27.1. The van der Waals surface area contributed by atoms with E-state index in [0.29, 0.717) is 17.2 Å². The highest BCUT2D eigenvalue weighted by Gasteiger charge is 2.35. The van der Waals surface area contributed by atoms with E-state index < -0.39 is 11.6 Å². The second-order valence-electron chi connectivity index (χ2n) is 11.8. The Morgan fingerprint density at radius 3 is 2.36 bits per heavy atom. The third-order valence-electron chi connectivity index (χ3n) is 8.98. The maximum Gasteiger partial charge on any atom is 0.170 e. The average molecular weight is 550 g/mol. The van der Waals surface area contributed by atoms with Crippen molar-refractivity contribution in [2.24, 2.45) is 11.8 Å². The molecule has 2 saturated heterocycles. The van der Waals surface area contributed by atoms with Crippen molar-refractivity contribution in [3.8, 4) is 16.9 Å². The number of rotatable bonds is 5. The summed E-state index contributed by atoms with van der Waals surface area (Å²) in [6, 6.07) is 9.26. The quantitative estimate of drug-likeness (QED) is 0.334. The number of aromatic hydroxyl groups is 1. The summed E-state index contributed by atoms with van der Waals surface area (Å²) < 4.78 is 14.3. The van der Waals surface area contributed by atoms with Crippen LogP contribution in [-0.2, 0) is 0 Å². The van der Waals surface area contributed by atoms with E-state index in [1.165, 1.54) is 44.8 Å². The molecule has 0 radical (unpaired) electrons. The second kappa shape index (κ2) is 11.1. The fourth-order valence-electron chi connectivity index (χ4n) is 6.54. The minimum Gasteiger partial charge on any atom is -0.504 e. The number of nitrogens with zero attached hydrogens (tertiary/aromatic N) is 3. The van der Waals surface area contributed by atoms with Crippen LogP contribution in [0, 0.1) is 17.7 Å². The minimum absolute atomic E-state index is 0.0261. The number of fused-ring (bicyclic) bond motifs is 1. The first-order valence-electron chi connectivity index (χ1n) is 14.5. The zero-order valence-electron chi connectivity index (χ0n) is 22.6. The number of ketones is 1. The lowest BCUT2D eigenvalue weighted by Gasteiger charge is -2.41. The van der Waals surface area contributed by atoms with E-state index in [9.17, 15) is 14.3 Å². The van der Waals surface area contributed by atoms with E-state index >= 15 is 0 Å². The summed E-state index contributed by atoms with van der Waals surface area (Å²) in [7, 11) is 0. The van der Waals surface area contributed by atoms with Gasteiger partial charge in [-0.25, -0.2) is 4.39 Å². The number of anilines is 1. The van der Waals surface area contributed by atoms with E-state index in [4.69, 9.17) is 11.6 Å². The summed E-state index contributed by atoms with van der Waals surface area (Å²) in [4.78, 5) is 23.2. The first-order valence-corrected chi connectivity index (χ1v) is 14.9. The predicted molar refractivity (Wildman–Crippen MR) is 155 cm³/mol. The molecule has 2 aromatic carbocycles. The molecule has 39 heavy (non-hydrogen) atoms. The van der Waals surface area contributed by atoms with E-state index in [1.807, 2.05) is 18.2 Å². The monoisotopic (exact) mass is 549 g/mol. The summed E-state index contributed by atoms with van der Waals surface area (Å²) in [5.41, 5.74) is 3.82. The van der Waals surface area contributed by atoms with Crippen LogP contribution in [0.3, 0.4) is 0 Å². The molecule has 5 nitrogen and oxygen atoms in total. The van der Waals surface area contributed by atoms with E-state index in [1.54, 1.807) is 12.3 Å². The molecule has 0 atom stereocenters. The summed E-state index contributed by atoms with van der Waals surface area (Å²) in [5, 5.41) is 10.7. The van der Waals surface area contributed by atoms with Gasteiger partial charge in [0.1, 0.15) is 0 Å². The Morgan fingerprint density at radius 1 is 0.974 bits per heavy atom. The van der Waals surface area contributed by atoms with Crippen LogP contribution in [0.25, 0.3) is 22.0 Å². The number of carbonyl (C=O) groups excluding carboxylic acids is 1. The Bertz CT molecular complexity index is 1350. The summed E-state index contributed by atoms with van der Waals surface area (Å²) in [6.45, 7) is 6.55. The molecule has 1 aliphatic carbocycles. The van der Waals surface area contributed by atoms with Gasteiger partial charge in [-0.2, -0.15) is 0 Å². The van der Waals surface area contributed by atoms with Gasteiger partial charge in [0, 0.05) is 36.6 Å². The Labute approximate surface area is 235 Å². The number of halogens is 2. The van der Waals surface area contributed by atoms with E-state index in [2.05, 4.69) is 21.7 Å². The van der Waals surface area contributed by atoms with Gasteiger partial charge in [0.25, 0.3) is 0 Å². The third kappa shape index (κ3) is 5.51. The molecule has 3 heterocycles. The Balaban J connectivity index is 1.33. The van der Waals surface area contributed by atoms with Crippen molar-refractivity contribution in [2.75, 3.05) is 31.1 Å². The van der Waals surface area contributed by atoms with Crippen molar-refractivity contribution < 1.29 is 14.3 Å². The van der Waals surface area contributed by atoms with Gasteiger partial charge in [-0.1, -0.05) is 24.6 Å². The molecule has 0 bridgehead atoms. The number of benzene rings is 2. The standard InChI is InChI=1S/C32H37ClFN3O2/c1-20-4-2-12-36(13-3-5-20)24-10-14-37(15-11-24)30-25-16-22(23-17-27(33)32(39)28(34)18-23)8-9-29(25)35-19-26(30)31(38)21-6-7-21/h8-9,16-21,24,39H,2-7,10-15H2,1H3. The molecule has 0 spiro atoms. The summed E-state index contributed by atoms with van der Waals surface area (Å²) >= 11 is 6.09. The van der Waals surface area contributed by atoms with Gasteiger partial charge in [-0.3, -0.25) is 9.78 Å². The highest BCUT2D eigenvalue weighted by Crippen LogP contribution is 2.41. The third-order valence-corrected chi connectivity index (χ3v) is 9.27. The SMILES string of the molecule is CC1CCCN(C2CCN(c3c(C(=O)C4CC4)cnc4ccc(-c5cc(F)c(O)c(Cl)c5)cc34)CC2)CCC1. The Morgan fingerprint density at radius 2 is 1.69 bits per heavy atom. The zero-order valence-corrected chi connectivity index (χ0v) is 23.4. The van der Waals surface area contributed by atoms with Crippen LogP contribution in [0.4, 0.5) is 10.1 Å². The average Bonchev–Trinajstić information content (AvgIpc) is 3.78. The van der Waals surface area contributed by atoms with Crippen molar-refractivity contribution >= 4 is 34.0 Å². The Hall–Kier alpha value is -2.70. The summed E-state index contributed by atoms with van der Waals surface area (Å²) in [5.74, 6) is -0.177. The topological polar surface area (TPSA) is 56.7 Å². The maximum atomic E-state index is 14.3. The molecule has 6 rings (SSSR count). The minimum atomic E-state index is -0.755. The van der Waals surface area contributed by atoms with Crippen LogP contribution in [0.5, 0.6) is 5.75 Å².